The first-order valence-corrected chi connectivity index (χ1v) is 11.5. The third kappa shape index (κ3) is 5.82. The highest BCUT2D eigenvalue weighted by molar-refractivity contribution is 5.71. The zero-order valence-corrected chi connectivity index (χ0v) is 19.9. The quantitative estimate of drug-likeness (QED) is 0.214. The van der Waals surface area contributed by atoms with E-state index in [9.17, 15) is 35.1 Å². The molecule has 0 aliphatic heterocycles. The van der Waals surface area contributed by atoms with Gasteiger partial charge >= 0.3 is 12.3 Å². The summed E-state index contributed by atoms with van der Waals surface area (Å²) in [7, 11) is 0. The minimum atomic E-state index is -4.71. The first-order valence-electron chi connectivity index (χ1n) is 11.5. The molecule has 0 amide bonds. The number of halogens is 8. The molecule has 4 rings (SSSR count). The van der Waals surface area contributed by atoms with Crippen molar-refractivity contribution in [3.05, 3.63) is 113 Å². The molecule has 1 nitrogen and oxygen atoms in total. The minimum Gasteiger partial charge on any atom is -0.429 e. The third-order valence-corrected chi connectivity index (χ3v) is 5.87. The molecule has 0 aliphatic carbocycles. The van der Waals surface area contributed by atoms with Crippen LogP contribution in [-0.2, 0) is 18.7 Å². The second-order valence-corrected chi connectivity index (χ2v) is 8.60. The molecule has 0 heterocycles. The molecule has 0 aromatic heterocycles. The van der Waals surface area contributed by atoms with Crippen LogP contribution in [0.5, 0.6) is 5.75 Å². The topological polar surface area (TPSA) is 9.23 Å². The van der Waals surface area contributed by atoms with Crippen LogP contribution in [0, 0.1) is 17.5 Å². The van der Waals surface area contributed by atoms with Crippen LogP contribution in [0.25, 0.3) is 22.3 Å². The molecular formula is C29H20F8O. The summed E-state index contributed by atoms with van der Waals surface area (Å²) in [6.45, 7) is 2.05. The molecule has 198 valence electrons. The lowest BCUT2D eigenvalue weighted by Gasteiger charge is -2.20. The van der Waals surface area contributed by atoms with Crippen molar-refractivity contribution >= 4 is 0 Å². The first-order chi connectivity index (χ1) is 17.9. The molecule has 0 saturated carbocycles. The van der Waals surface area contributed by atoms with Crippen molar-refractivity contribution in [1.29, 1.82) is 0 Å². The standard InChI is InChI=1S/C29H20F8O/c1-2-3-17-4-6-18(7-5-17)19-8-13-23(24(30)14-19)20-15-25(31)27(26(32)16-20)29(36,37)38-22-11-9-21(10-12-22)28(33,34)35/h4-16H,2-3H2,1H3. The van der Waals surface area contributed by atoms with Gasteiger partial charge in [-0.05, 0) is 71.1 Å². The van der Waals surface area contributed by atoms with E-state index in [0.717, 1.165) is 24.0 Å². The average Bonchev–Trinajstić information content (AvgIpc) is 2.83. The summed E-state index contributed by atoms with van der Waals surface area (Å²) >= 11 is 0. The Bertz CT molecular complexity index is 1400. The maximum Gasteiger partial charge on any atom is 0.432 e. The summed E-state index contributed by atoms with van der Waals surface area (Å²) in [5.41, 5.74) is -1.05. The summed E-state index contributed by atoms with van der Waals surface area (Å²) < 4.78 is 116. The fourth-order valence-corrected chi connectivity index (χ4v) is 4.00. The van der Waals surface area contributed by atoms with E-state index in [2.05, 4.69) is 4.74 Å². The zero-order chi connectivity index (χ0) is 27.7. The predicted molar refractivity (Wildman–Crippen MR) is 127 cm³/mol. The molecule has 0 unspecified atom stereocenters. The van der Waals surface area contributed by atoms with E-state index in [0.29, 0.717) is 42.0 Å². The lowest BCUT2D eigenvalue weighted by molar-refractivity contribution is -0.189. The molecule has 0 spiro atoms. The lowest BCUT2D eigenvalue weighted by atomic mass is 9.97. The van der Waals surface area contributed by atoms with E-state index in [1.807, 2.05) is 31.2 Å². The van der Waals surface area contributed by atoms with Crippen molar-refractivity contribution in [2.75, 3.05) is 0 Å². The normalized spacial score (nSPS) is 12.0. The fraction of sp³-hybridized carbons (Fsp3) is 0.172. The highest BCUT2D eigenvalue weighted by Gasteiger charge is 2.41. The van der Waals surface area contributed by atoms with Gasteiger partial charge < -0.3 is 4.74 Å². The second kappa shape index (κ2) is 10.5. The summed E-state index contributed by atoms with van der Waals surface area (Å²) in [5, 5.41) is 0. The van der Waals surface area contributed by atoms with Crippen LogP contribution in [0.4, 0.5) is 35.1 Å². The molecule has 0 atom stereocenters. The Morgan fingerprint density at radius 1 is 0.632 bits per heavy atom. The van der Waals surface area contributed by atoms with Gasteiger partial charge in [0.15, 0.2) is 0 Å². The zero-order valence-electron chi connectivity index (χ0n) is 19.9. The summed E-state index contributed by atoms with van der Waals surface area (Å²) in [5.74, 6) is -4.99. The van der Waals surface area contributed by atoms with Crippen LogP contribution >= 0.6 is 0 Å². The Kier molecular flexibility index (Phi) is 7.49. The number of hydrogen-bond acceptors (Lipinski definition) is 1. The molecule has 0 bridgehead atoms. The number of alkyl halides is 5. The van der Waals surface area contributed by atoms with Crippen molar-refractivity contribution < 1.29 is 39.9 Å². The van der Waals surface area contributed by atoms with Crippen LogP contribution in [0.1, 0.15) is 30.0 Å². The van der Waals surface area contributed by atoms with E-state index < -0.39 is 46.6 Å². The Hall–Kier alpha value is -3.88. The van der Waals surface area contributed by atoms with Gasteiger partial charge in [-0.2, -0.15) is 22.0 Å². The fourth-order valence-electron chi connectivity index (χ4n) is 4.00. The lowest BCUT2D eigenvalue weighted by Crippen LogP contribution is -2.25. The molecular weight excluding hydrogens is 516 g/mol. The van der Waals surface area contributed by atoms with Crippen LogP contribution in [0.15, 0.2) is 78.9 Å². The predicted octanol–water partition coefficient (Wildman–Crippen LogP) is 9.54. The molecule has 0 saturated heterocycles. The van der Waals surface area contributed by atoms with Gasteiger partial charge in [0, 0.05) is 5.56 Å². The maximum absolute atomic E-state index is 14.9. The van der Waals surface area contributed by atoms with E-state index >= 15 is 0 Å². The molecule has 4 aromatic carbocycles. The van der Waals surface area contributed by atoms with Crippen LogP contribution < -0.4 is 4.74 Å². The largest absolute Gasteiger partial charge is 0.432 e. The van der Waals surface area contributed by atoms with Crippen molar-refractivity contribution in [3.63, 3.8) is 0 Å². The number of aryl methyl sites for hydroxylation is 1. The first kappa shape index (κ1) is 27.2. The second-order valence-electron chi connectivity index (χ2n) is 8.60. The monoisotopic (exact) mass is 536 g/mol. The Morgan fingerprint density at radius 2 is 1.18 bits per heavy atom. The van der Waals surface area contributed by atoms with Gasteiger partial charge in [-0.3, -0.25) is 0 Å². The van der Waals surface area contributed by atoms with Crippen LogP contribution in [-0.4, -0.2) is 0 Å². The average molecular weight is 536 g/mol. The SMILES string of the molecule is CCCc1ccc(-c2ccc(-c3cc(F)c(C(F)(F)Oc4ccc(C(F)(F)F)cc4)c(F)c3)c(F)c2)cc1. The number of rotatable bonds is 7. The molecule has 0 N–H and O–H groups in total. The highest BCUT2D eigenvalue weighted by atomic mass is 19.4. The molecule has 0 aliphatic rings. The van der Waals surface area contributed by atoms with E-state index in [1.54, 1.807) is 6.07 Å². The Morgan fingerprint density at radius 3 is 1.71 bits per heavy atom. The highest BCUT2D eigenvalue weighted by Crippen LogP contribution is 2.39. The van der Waals surface area contributed by atoms with E-state index in [-0.39, 0.29) is 11.1 Å². The number of ether oxygens (including phenoxy) is 1. The van der Waals surface area contributed by atoms with Gasteiger partial charge in [-0.1, -0.05) is 49.7 Å². The van der Waals surface area contributed by atoms with Gasteiger partial charge in [-0.15, -0.1) is 0 Å². The van der Waals surface area contributed by atoms with Gasteiger partial charge in [0.05, 0.1) is 5.56 Å². The molecule has 0 fully saturated rings. The van der Waals surface area contributed by atoms with Gasteiger partial charge in [-0.25, -0.2) is 13.2 Å². The minimum absolute atomic E-state index is 0.215. The summed E-state index contributed by atoms with van der Waals surface area (Å²) in [4.78, 5) is 0. The van der Waals surface area contributed by atoms with Gasteiger partial charge in [0.2, 0.25) is 0 Å². The van der Waals surface area contributed by atoms with Crippen molar-refractivity contribution in [2.24, 2.45) is 0 Å². The van der Waals surface area contributed by atoms with Crippen molar-refractivity contribution in [1.82, 2.24) is 0 Å². The van der Waals surface area contributed by atoms with Crippen molar-refractivity contribution in [3.8, 4) is 28.0 Å². The number of hydrogen-bond donors (Lipinski definition) is 0. The van der Waals surface area contributed by atoms with Crippen LogP contribution in [0.2, 0.25) is 0 Å². The van der Waals surface area contributed by atoms with Crippen LogP contribution in [0.3, 0.4) is 0 Å². The van der Waals surface area contributed by atoms with E-state index in [4.69, 9.17) is 0 Å². The summed E-state index contributed by atoms with van der Waals surface area (Å²) in [6, 6.07) is 14.8. The van der Waals surface area contributed by atoms with Gasteiger partial charge in [0.1, 0.15) is 28.8 Å². The third-order valence-electron chi connectivity index (χ3n) is 5.87. The molecule has 38 heavy (non-hydrogen) atoms. The maximum atomic E-state index is 14.9. The Balaban J connectivity index is 1.60. The molecule has 9 heteroatoms. The smallest absolute Gasteiger partial charge is 0.429 e. The molecule has 4 aromatic rings. The molecule has 0 radical (unpaired) electrons. The van der Waals surface area contributed by atoms with Crippen molar-refractivity contribution in [2.45, 2.75) is 32.1 Å². The van der Waals surface area contributed by atoms with Gasteiger partial charge in [0.25, 0.3) is 0 Å². The van der Waals surface area contributed by atoms with E-state index in [1.165, 1.54) is 12.1 Å². The summed E-state index contributed by atoms with van der Waals surface area (Å²) in [6.07, 6.45) is -7.41. The Labute approximate surface area is 213 Å². The number of benzene rings is 4.